The van der Waals surface area contributed by atoms with Gasteiger partial charge in [-0.25, -0.2) is 4.98 Å². The van der Waals surface area contributed by atoms with E-state index in [4.69, 9.17) is 16.2 Å². The Morgan fingerprint density at radius 3 is 2.81 bits per heavy atom. The molecule has 2 saturated heterocycles. The van der Waals surface area contributed by atoms with E-state index < -0.39 is 5.91 Å². The third-order valence-electron chi connectivity index (χ3n) is 4.18. The third-order valence-corrected chi connectivity index (χ3v) is 4.18. The predicted molar refractivity (Wildman–Crippen MR) is 80.2 cm³/mol. The standard InChI is InChI=1S/C14H21N5O2/c15-10-7-12(13(16)20)14(17-8-10)19-2-1-11(9-19)18-3-5-21-6-4-18/h7-8,11H,1-6,9,15H2,(H2,16,20). The summed E-state index contributed by atoms with van der Waals surface area (Å²) in [6.07, 6.45) is 2.63. The number of hydrogen-bond acceptors (Lipinski definition) is 6. The van der Waals surface area contributed by atoms with Crippen LogP contribution in [-0.2, 0) is 4.74 Å². The number of aromatic nitrogens is 1. The first-order chi connectivity index (χ1) is 10.1. The monoisotopic (exact) mass is 291 g/mol. The molecule has 7 nitrogen and oxygen atoms in total. The van der Waals surface area contributed by atoms with E-state index in [1.807, 2.05) is 0 Å². The summed E-state index contributed by atoms with van der Waals surface area (Å²) in [7, 11) is 0. The maximum absolute atomic E-state index is 11.6. The van der Waals surface area contributed by atoms with Gasteiger partial charge in [-0.2, -0.15) is 0 Å². The number of primary amides is 1. The van der Waals surface area contributed by atoms with Crippen molar-refractivity contribution in [3.63, 3.8) is 0 Å². The molecule has 1 aromatic heterocycles. The molecule has 1 aromatic rings. The molecule has 2 fully saturated rings. The molecule has 0 saturated carbocycles. The summed E-state index contributed by atoms with van der Waals surface area (Å²) in [6.45, 7) is 5.26. The van der Waals surface area contributed by atoms with Gasteiger partial charge in [-0.3, -0.25) is 9.69 Å². The Hall–Kier alpha value is -1.86. The molecule has 0 bridgehead atoms. The molecule has 0 aromatic carbocycles. The van der Waals surface area contributed by atoms with Crippen LogP contribution in [0.1, 0.15) is 16.8 Å². The lowest BCUT2D eigenvalue weighted by atomic mass is 10.2. The Bertz CT molecular complexity index is 530. The molecule has 114 valence electrons. The first-order valence-electron chi connectivity index (χ1n) is 7.27. The van der Waals surface area contributed by atoms with Crippen LogP contribution in [0.3, 0.4) is 0 Å². The second kappa shape index (κ2) is 5.87. The molecule has 7 heteroatoms. The average molecular weight is 291 g/mol. The van der Waals surface area contributed by atoms with Crippen molar-refractivity contribution in [2.24, 2.45) is 5.73 Å². The topological polar surface area (TPSA) is 97.7 Å². The number of pyridine rings is 1. The highest BCUT2D eigenvalue weighted by atomic mass is 16.5. The molecule has 1 amide bonds. The molecule has 21 heavy (non-hydrogen) atoms. The van der Waals surface area contributed by atoms with Crippen LogP contribution in [0, 0.1) is 0 Å². The van der Waals surface area contributed by atoms with E-state index in [9.17, 15) is 4.79 Å². The van der Waals surface area contributed by atoms with Crippen molar-refractivity contribution in [1.29, 1.82) is 0 Å². The smallest absolute Gasteiger partial charge is 0.252 e. The molecule has 3 rings (SSSR count). The number of nitrogen functional groups attached to an aromatic ring is 1. The molecular formula is C14H21N5O2. The van der Waals surface area contributed by atoms with Crippen molar-refractivity contribution >= 4 is 17.4 Å². The van der Waals surface area contributed by atoms with Crippen molar-refractivity contribution in [2.75, 3.05) is 50.0 Å². The maximum Gasteiger partial charge on any atom is 0.252 e. The van der Waals surface area contributed by atoms with Gasteiger partial charge in [0.2, 0.25) is 0 Å². The van der Waals surface area contributed by atoms with E-state index in [0.29, 0.717) is 23.1 Å². The minimum Gasteiger partial charge on any atom is -0.397 e. The third kappa shape index (κ3) is 2.93. The number of morpholine rings is 1. The molecule has 0 spiro atoms. The van der Waals surface area contributed by atoms with E-state index in [2.05, 4.69) is 14.8 Å². The quantitative estimate of drug-likeness (QED) is 0.791. The Morgan fingerprint density at radius 2 is 2.10 bits per heavy atom. The Kier molecular flexibility index (Phi) is 3.94. The van der Waals surface area contributed by atoms with Crippen LogP contribution in [0.4, 0.5) is 11.5 Å². The van der Waals surface area contributed by atoms with E-state index in [0.717, 1.165) is 45.8 Å². The van der Waals surface area contributed by atoms with Gasteiger partial charge in [-0.1, -0.05) is 0 Å². The molecule has 0 radical (unpaired) electrons. The van der Waals surface area contributed by atoms with Crippen molar-refractivity contribution in [3.8, 4) is 0 Å². The van der Waals surface area contributed by atoms with Gasteiger partial charge in [0.05, 0.1) is 30.7 Å². The molecule has 4 N–H and O–H groups in total. The molecule has 2 aliphatic rings. The lowest BCUT2D eigenvalue weighted by molar-refractivity contribution is 0.0209. The number of carbonyl (C=O) groups is 1. The van der Waals surface area contributed by atoms with E-state index in [1.165, 1.54) is 0 Å². The Labute approximate surface area is 123 Å². The molecule has 1 unspecified atom stereocenters. The summed E-state index contributed by atoms with van der Waals surface area (Å²) in [5.74, 6) is 0.159. The van der Waals surface area contributed by atoms with Crippen molar-refractivity contribution < 1.29 is 9.53 Å². The fourth-order valence-electron chi connectivity index (χ4n) is 3.08. The van der Waals surface area contributed by atoms with Crippen LogP contribution in [-0.4, -0.2) is 61.2 Å². The van der Waals surface area contributed by atoms with Crippen molar-refractivity contribution in [3.05, 3.63) is 17.8 Å². The number of rotatable bonds is 3. The number of ether oxygens (including phenoxy) is 1. The van der Waals surface area contributed by atoms with Crippen LogP contribution >= 0.6 is 0 Å². The number of anilines is 2. The SMILES string of the molecule is NC(=O)c1cc(N)cnc1N1CCC(N2CCOCC2)C1. The van der Waals surface area contributed by atoms with Gasteiger partial charge in [-0.05, 0) is 12.5 Å². The average Bonchev–Trinajstić information content (AvgIpc) is 2.97. The predicted octanol–water partition coefficient (Wildman–Crippen LogP) is -0.326. The van der Waals surface area contributed by atoms with E-state index >= 15 is 0 Å². The lowest BCUT2D eigenvalue weighted by Crippen LogP contribution is -2.44. The minimum atomic E-state index is -0.486. The molecule has 3 heterocycles. The zero-order valence-electron chi connectivity index (χ0n) is 12.0. The van der Waals surface area contributed by atoms with Gasteiger partial charge < -0.3 is 21.1 Å². The molecular weight excluding hydrogens is 270 g/mol. The highest BCUT2D eigenvalue weighted by Gasteiger charge is 2.30. The summed E-state index contributed by atoms with van der Waals surface area (Å²) in [5.41, 5.74) is 12.0. The van der Waals surface area contributed by atoms with Crippen LogP contribution < -0.4 is 16.4 Å². The number of nitrogens with zero attached hydrogens (tertiary/aromatic N) is 3. The lowest BCUT2D eigenvalue weighted by Gasteiger charge is -2.32. The summed E-state index contributed by atoms with van der Waals surface area (Å²) in [5, 5.41) is 0. The van der Waals surface area contributed by atoms with E-state index in [-0.39, 0.29) is 0 Å². The van der Waals surface area contributed by atoms with Gasteiger partial charge in [0, 0.05) is 32.2 Å². The van der Waals surface area contributed by atoms with Gasteiger partial charge >= 0.3 is 0 Å². The van der Waals surface area contributed by atoms with Crippen molar-refractivity contribution in [1.82, 2.24) is 9.88 Å². The summed E-state index contributed by atoms with van der Waals surface area (Å²) in [4.78, 5) is 20.5. The number of nitrogens with two attached hydrogens (primary N) is 2. The first kappa shape index (κ1) is 14.1. The van der Waals surface area contributed by atoms with Gasteiger partial charge in [-0.15, -0.1) is 0 Å². The molecule has 1 atom stereocenters. The second-order valence-electron chi connectivity index (χ2n) is 5.54. The number of amides is 1. The van der Waals surface area contributed by atoms with Gasteiger partial charge in [0.1, 0.15) is 5.82 Å². The number of hydrogen-bond donors (Lipinski definition) is 2. The summed E-state index contributed by atoms with van der Waals surface area (Å²) < 4.78 is 5.39. The van der Waals surface area contributed by atoms with Crippen LogP contribution in [0.25, 0.3) is 0 Å². The largest absolute Gasteiger partial charge is 0.397 e. The molecule has 0 aliphatic carbocycles. The zero-order valence-corrected chi connectivity index (χ0v) is 12.0. The fraction of sp³-hybridized carbons (Fsp3) is 0.571. The van der Waals surface area contributed by atoms with Crippen LogP contribution in [0.2, 0.25) is 0 Å². The zero-order chi connectivity index (χ0) is 14.8. The first-order valence-corrected chi connectivity index (χ1v) is 7.27. The minimum absolute atomic E-state index is 0.401. The van der Waals surface area contributed by atoms with Gasteiger partial charge in [0.25, 0.3) is 5.91 Å². The Balaban J connectivity index is 1.75. The molecule has 2 aliphatic heterocycles. The summed E-state index contributed by atoms with van der Waals surface area (Å²) in [6, 6.07) is 2.08. The normalized spacial score (nSPS) is 23.4. The fourth-order valence-corrected chi connectivity index (χ4v) is 3.08. The number of carbonyl (C=O) groups excluding carboxylic acids is 1. The van der Waals surface area contributed by atoms with Crippen LogP contribution in [0.15, 0.2) is 12.3 Å². The van der Waals surface area contributed by atoms with Crippen molar-refractivity contribution in [2.45, 2.75) is 12.5 Å². The van der Waals surface area contributed by atoms with Crippen LogP contribution in [0.5, 0.6) is 0 Å². The summed E-state index contributed by atoms with van der Waals surface area (Å²) >= 11 is 0. The maximum atomic E-state index is 11.6. The van der Waals surface area contributed by atoms with Gasteiger partial charge in [0.15, 0.2) is 0 Å². The highest BCUT2D eigenvalue weighted by Crippen LogP contribution is 2.26. The highest BCUT2D eigenvalue weighted by molar-refractivity contribution is 5.98. The second-order valence-corrected chi connectivity index (χ2v) is 5.54. The Morgan fingerprint density at radius 1 is 1.33 bits per heavy atom. The van der Waals surface area contributed by atoms with E-state index in [1.54, 1.807) is 12.3 Å².